The van der Waals surface area contributed by atoms with E-state index in [1.807, 2.05) is 30.6 Å². The van der Waals surface area contributed by atoms with Crippen LogP contribution < -0.4 is 11.2 Å². The molecular weight excluding hydrogens is 562 g/mol. The molecule has 12 nitrogen and oxygen atoms in total. The number of aryl methyl sites for hydroxylation is 1. The van der Waals surface area contributed by atoms with Gasteiger partial charge in [0, 0.05) is 42.4 Å². The molecule has 2 N–H and O–H groups in total. The zero-order valence-corrected chi connectivity index (χ0v) is 24.7. The van der Waals surface area contributed by atoms with Crippen LogP contribution in [0, 0.1) is 18.8 Å². The maximum Gasteiger partial charge on any atom is 0.330 e. The number of pyridine rings is 1. The minimum atomic E-state index is -0.663. The standard InChI is InChI=1S/C32H37N7O5/c1-3-20-15-37-11-9-21(20)12-27(37)30(24-8-10-33-25-7-5-4-6-23(24)25)43-18-22-16-39(36-35-22)26-13-29(44-28(26)17-40)38-14-19(2)31(41)34-32(38)42/h3-8,10,14,16,20-21,26-30,40H,1,9,11-13,15,17-18H2,2H3,(H,34,41,42)/t20?,21?,26-,27+,28+,29+,30-/m0/s1. The lowest BCUT2D eigenvalue weighted by Crippen LogP contribution is -2.55. The van der Waals surface area contributed by atoms with Gasteiger partial charge in [-0.2, -0.15) is 0 Å². The van der Waals surface area contributed by atoms with Gasteiger partial charge in [-0.3, -0.25) is 24.2 Å². The number of aromatic nitrogens is 6. The highest BCUT2D eigenvalue weighted by Gasteiger charge is 2.43. The number of para-hydroxylation sites is 1. The third-order valence-corrected chi connectivity index (χ3v) is 9.64. The summed E-state index contributed by atoms with van der Waals surface area (Å²) in [5.74, 6) is 1.09. The van der Waals surface area contributed by atoms with E-state index in [4.69, 9.17) is 9.47 Å². The second kappa shape index (κ2) is 11.8. The van der Waals surface area contributed by atoms with E-state index in [1.54, 1.807) is 11.6 Å². The van der Waals surface area contributed by atoms with Gasteiger partial charge < -0.3 is 14.6 Å². The maximum atomic E-state index is 12.5. The highest BCUT2D eigenvalue weighted by atomic mass is 16.5. The number of rotatable bonds is 9. The molecular formula is C32H37N7O5. The minimum Gasteiger partial charge on any atom is -0.394 e. The van der Waals surface area contributed by atoms with Crippen LogP contribution in [0.25, 0.3) is 10.9 Å². The Balaban J connectivity index is 1.13. The molecule has 4 saturated heterocycles. The predicted octanol–water partition coefficient (Wildman–Crippen LogP) is 2.66. The van der Waals surface area contributed by atoms with Crippen molar-refractivity contribution in [3.8, 4) is 0 Å². The molecule has 4 aliphatic heterocycles. The van der Waals surface area contributed by atoms with Crippen LogP contribution in [0.15, 0.2) is 71.2 Å². The number of H-pyrrole nitrogens is 1. The first kappa shape index (κ1) is 28.8. The van der Waals surface area contributed by atoms with Gasteiger partial charge in [0.05, 0.1) is 37.1 Å². The van der Waals surface area contributed by atoms with Crippen molar-refractivity contribution in [2.45, 2.75) is 63.3 Å². The molecule has 0 amide bonds. The van der Waals surface area contributed by atoms with Gasteiger partial charge in [-0.1, -0.05) is 29.5 Å². The zero-order chi connectivity index (χ0) is 30.4. The van der Waals surface area contributed by atoms with Crippen molar-refractivity contribution < 1.29 is 14.6 Å². The first-order valence-electron chi connectivity index (χ1n) is 15.2. The molecule has 0 spiro atoms. The molecule has 0 saturated carbocycles. The highest BCUT2D eigenvalue weighted by molar-refractivity contribution is 5.82. The molecule has 7 heterocycles. The summed E-state index contributed by atoms with van der Waals surface area (Å²) in [5, 5.41) is 20.0. The Morgan fingerprint density at radius 2 is 2.09 bits per heavy atom. The number of benzene rings is 1. The number of aliphatic hydroxyl groups is 1. The summed E-state index contributed by atoms with van der Waals surface area (Å²) in [6.45, 7) is 7.74. The molecule has 3 unspecified atom stereocenters. The van der Waals surface area contributed by atoms with Crippen molar-refractivity contribution in [1.29, 1.82) is 0 Å². The summed E-state index contributed by atoms with van der Waals surface area (Å²) in [5.41, 5.74) is 2.12. The molecule has 3 aromatic heterocycles. The van der Waals surface area contributed by atoms with Gasteiger partial charge in [-0.05, 0) is 55.8 Å². The van der Waals surface area contributed by atoms with Crippen LogP contribution >= 0.6 is 0 Å². The van der Waals surface area contributed by atoms with E-state index in [0.29, 0.717) is 29.5 Å². The molecule has 44 heavy (non-hydrogen) atoms. The number of nitrogens with zero attached hydrogens (tertiary/aromatic N) is 6. The van der Waals surface area contributed by atoms with Crippen LogP contribution in [-0.4, -0.2) is 71.4 Å². The summed E-state index contributed by atoms with van der Waals surface area (Å²) in [6.07, 6.45) is 8.39. The molecule has 0 radical (unpaired) electrons. The Bertz CT molecular complexity index is 1780. The van der Waals surface area contributed by atoms with Gasteiger partial charge in [0.25, 0.3) is 5.56 Å². The van der Waals surface area contributed by atoms with Gasteiger partial charge in [-0.25, -0.2) is 9.48 Å². The number of ether oxygens (including phenoxy) is 2. The lowest BCUT2D eigenvalue weighted by atomic mass is 9.73. The molecule has 12 heteroatoms. The molecule has 4 aromatic rings. The van der Waals surface area contributed by atoms with Crippen LogP contribution in [0.1, 0.15) is 54.5 Å². The Morgan fingerprint density at radius 3 is 2.89 bits per heavy atom. The van der Waals surface area contributed by atoms with E-state index in [0.717, 1.165) is 36.0 Å². The summed E-state index contributed by atoms with van der Waals surface area (Å²) in [7, 11) is 0. The van der Waals surface area contributed by atoms with Crippen molar-refractivity contribution >= 4 is 10.9 Å². The van der Waals surface area contributed by atoms with Gasteiger partial charge >= 0.3 is 5.69 Å². The second-order valence-electron chi connectivity index (χ2n) is 12.2. The normalized spacial score (nSPS) is 28.8. The second-order valence-corrected chi connectivity index (χ2v) is 12.2. The van der Waals surface area contributed by atoms with Gasteiger partial charge in [0.2, 0.25) is 0 Å². The van der Waals surface area contributed by atoms with E-state index in [1.165, 1.54) is 17.2 Å². The van der Waals surface area contributed by atoms with E-state index in [-0.39, 0.29) is 31.4 Å². The SMILES string of the molecule is C=CC1CN2CCC1C[C@@H]2[C@@H](OCc1cn([C@H]2C[C@H](n3cc(C)c(=O)[nH]c3=O)O[C@@H]2CO)nn1)c1ccnc2ccccc12. The summed E-state index contributed by atoms with van der Waals surface area (Å²) in [4.78, 5) is 33.8. The van der Waals surface area contributed by atoms with Gasteiger partial charge in [-0.15, -0.1) is 11.7 Å². The van der Waals surface area contributed by atoms with E-state index < -0.39 is 23.6 Å². The molecule has 4 fully saturated rings. The maximum absolute atomic E-state index is 12.5. The fraction of sp³-hybridized carbons (Fsp3) is 0.469. The Kier molecular flexibility index (Phi) is 7.75. The molecule has 8 atom stereocenters. The smallest absolute Gasteiger partial charge is 0.330 e. The number of aromatic amines is 1. The molecule has 2 bridgehead atoms. The Morgan fingerprint density at radius 1 is 1.23 bits per heavy atom. The first-order chi connectivity index (χ1) is 21.4. The van der Waals surface area contributed by atoms with Crippen LogP contribution in [0.3, 0.4) is 0 Å². The van der Waals surface area contributed by atoms with Crippen LogP contribution in [0.5, 0.6) is 0 Å². The third-order valence-electron chi connectivity index (χ3n) is 9.64. The van der Waals surface area contributed by atoms with Crippen molar-refractivity contribution in [1.82, 2.24) is 34.4 Å². The fourth-order valence-electron chi connectivity index (χ4n) is 7.31. The van der Waals surface area contributed by atoms with Crippen molar-refractivity contribution in [2.75, 3.05) is 19.7 Å². The quantitative estimate of drug-likeness (QED) is 0.278. The highest BCUT2D eigenvalue weighted by Crippen LogP contribution is 2.43. The molecule has 0 aliphatic carbocycles. The van der Waals surface area contributed by atoms with Crippen LogP contribution in [0.4, 0.5) is 0 Å². The topological polar surface area (TPSA) is 140 Å². The summed E-state index contributed by atoms with van der Waals surface area (Å²) in [6, 6.07) is 10.1. The monoisotopic (exact) mass is 599 g/mol. The zero-order valence-electron chi connectivity index (χ0n) is 24.7. The van der Waals surface area contributed by atoms with Crippen LogP contribution in [0.2, 0.25) is 0 Å². The Labute approximate surface area is 253 Å². The number of aliphatic hydroxyl groups excluding tert-OH is 1. The van der Waals surface area contributed by atoms with Gasteiger partial charge in [0.15, 0.2) is 0 Å². The first-order valence-corrected chi connectivity index (χ1v) is 15.2. The van der Waals surface area contributed by atoms with Crippen molar-refractivity contribution in [3.05, 3.63) is 99.2 Å². The number of nitrogens with one attached hydrogen (secondary N) is 1. The predicted molar refractivity (Wildman–Crippen MR) is 162 cm³/mol. The lowest BCUT2D eigenvalue weighted by molar-refractivity contribution is -0.0809. The van der Waals surface area contributed by atoms with Gasteiger partial charge in [0.1, 0.15) is 18.0 Å². The molecule has 230 valence electrons. The average Bonchev–Trinajstić information content (AvgIpc) is 3.70. The average molecular weight is 600 g/mol. The number of piperidine rings is 3. The molecule has 4 aliphatic rings. The van der Waals surface area contributed by atoms with Crippen molar-refractivity contribution in [3.63, 3.8) is 0 Å². The largest absolute Gasteiger partial charge is 0.394 e. The van der Waals surface area contributed by atoms with Crippen molar-refractivity contribution in [2.24, 2.45) is 11.8 Å². The third kappa shape index (κ3) is 5.21. The summed E-state index contributed by atoms with van der Waals surface area (Å²) >= 11 is 0. The number of hydrogen-bond acceptors (Lipinski definition) is 9. The van der Waals surface area contributed by atoms with Crippen LogP contribution in [-0.2, 0) is 16.1 Å². The van der Waals surface area contributed by atoms with E-state index in [2.05, 4.69) is 50.0 Å². The number of fused-ring (bicyclic) bond motifs is 4. The lowest BCUT2D eigenvalue weighted by Gasteiger charge is -2.51. The summed E-state index contributed by atoms with van der Waals surface area (Å²) < 4.78 is 15.8. The minimum absolute atomic E-state index is 0.193. The number of hydrogen-bond donors (Lipinski definition) is 2. The van der Waals surface area contributed by atoms with E-state index in [9.17, 15) is 14.7 Å². The molecule has 1 aromatic carbocycles. The Hall–Kier alpha value is -3.97. The van der Waals surface area contributed by atoms with E-state index >= 15 is 0 Å². The molecule has 8 rings (SSSR count). The fourth-order valence-corrected chi connectivity index (χ4v) is 7.31.